The number of ether oxygens (including phenoxy) is 15. The molecule has 37 nitrogen and oxygen atoms in total. The third kappa shape index (κ3) is 40.1. The Bertz CT molecular complexity index is 2940. The van der Waals surface area contributed by atoms with Gasteiger partial charge in [-0.15, -0.1) is 0 Å². The van der Waals surface area contributed by atoms with E-state index in [4.69, 9.17) is 71.1 Å². The van der Waals surface area contributed by atoms with Crippen molar-refractivity contribution in [2.24, 2.45) is 0 Å². The van der Waals surface area contributed by atoms with Gasteiger partial charge in [-0.25, -0.2) is 0 Å². The molecule has 0 bridgehead atoms. The highest BCUT2D eigenvalue weighted by Gasteiger charge is 2.54. The number of hydrogen-bond donors (Lipinski definition) is 6. The molecule has 0 aromatic heterocycles. The Morgan fingerprint density at radius 3 is 0.909 bits per heavy atom. The van der Waals surface area contributed by atoms with Crippen LogP contribution in [-0.2, 0) is 143 Å². The van der Waals surface area contributed by atoms with Crippen molar-refractivity contribution in [3.63, 3.8) is 0 Å². The highest BCUT2D eigenvalue weighted by molar-refractivity contribution is 5.78. The second kappa shape index (κ2) is 53.6. The van der Waals surface area contributed by atoms with Gasteiger partial charge in [0, 0.05) is 148 Å². The maximum Gasteiger partial charge on any atom is 0.303 e. The summed E-state index contributed by atoms with van der Waals surface area (Å²) in [7, 11) is 0. The highest BCUT2D eigenvalue weighted by Crippen LogP contribution is 2.32. The van der Waals surface area contributed by atoms with Gasteiger partial charge < -0.3 is 108 Å². The summed E-state index contributed by atoms with van der Waals surface area (Å²) >= 11 is 0. The number of nitrogens with one attached hydrogen (secondary N) is 6. The third-order valence-electron chi connectivity index (χ3n) is 17.1. The maximum atomic E-state index is 13.9. The SMILES string of the molecule is CC(=O)NC1C(OC(C)=O)[C@@H](OC(C)=O)C(COC(C)=O)O[C@H]1OCCCCCCC(=O)N(CCCCNCCCNC(=O)CCCCCCO[C@@H]1OC(COC(C)=O)[C@H](OC(C)=O)C(OC(C)=O)[C@@H]1NC(C)=O)CCCNC(=O)CCCCCCO[C@@H]1OC(COC(C)=O)[C@H](OC(C)=O)C(OC(C)=O)[C@H]1NC(C)=O. The topological polar surface area (TPSA) is 470 Å². The molecule has 0 radical (unpaired) electrons. The molecule has 0 aliphatic carbocycles. The van der Waals surface area contributed by atoms with Crippen LogP contribution in [0, 0.1) is 0 Å². The van der Waals surface area contributed by atoms with E-state index in [1.807, 2.05) is 0 Å². The van der Waals surface area contributed by atoms with Gasteiger partial charge in [0.05, 0.1) is 0 Å². The zero-order valence-corrected chi connectivity index (χ0v) is 65.8. The molecule has 3 aliphatic rings. The summed E-state index contributed by atoms with van der Waals surface area (Å²) in [6.07, 6.45) is -3.73. The largest absolute Gasteiger partial charge is 0.463 e. The average molecular weight is 1570 g/mol. The number of amides is 6. The van der Waals surface area contributed by atoms with Gasteiger partial charge in [0.2, 0.25) is 35.4 Å². The monoisotopic (exact) mass is 1570 g/mol. The van der Waals surface area contributed by atoms with Gasteiger partial charge >= 0.3 is 53.7 Å². The van der Waals surface area contributed by atoms with Crippen molar-refractivity contribution < 1.29 is 143 Å². The molecule has 7 unspecified atom stereocenters. The lowest BCUT2D eigenvalue weighted by molar-refractivity contribution is -0.277. The Labute approximate surface area is 642 Å². The van der Waals surface area contributed by atoms with Crippen LogP contribution >= 0.6 is 0 Å². The smallest absolute Gasteiger partial charge is 0.303 e. The number of carbonyl (C=O) groups excluding carboxylic acids is 15. The molecular weight excluding hydrogens is 1450 g/mol. The van der Waals surface area contributed by atoms with Gasteiger partial charge in [0.1, 0.15) is 56.3 Å². The fourth-order valence-electron chi connectivity index (χ4n) is 12.4. The van der Waals surface area contributed by atoms with Gasteiger partial charge in [0.25, 0.3) is 0 Å². The molecule has 110 heavy (non-hydrogen) atoms. The summed E-state index contributed by atoms with van der Waals surface area (Å²) in [4.78, 5) is 187. The highest BCUT2D eigenvalue weighted by atomic mass is 16.7. The molecule has 3 rings (SSSR count). The molecule has 3 heterocycles. The van der Waals surface area contributed by atoms with Crippen LogP contribution in [-0.4, -0.2) is 265 Å². The molecular formula is C73H119N7O30. The summed E-state index contributed by atoms with van der Waals surface area (Å²) in [6.45, 7) is 16.4. The third-order valence-corrected chi connectivity index (χ3v) is 17.1. The van der Waals surface area contributed by atoms with Crippen LogP contribution in [0.2, 0.25) is 0 Å². The van der Waals surface area contributed by atoms with Crippen molar-refractivity contribution >= 4 is 89.2 Å². The molecule has 37 heteroatoms. The first kappa shape index (κ1) is 96.0. The van der Waals surface area contributed by atoms with E-state index in [1.54, 1.807) is 4.90 Å². The molecule has 6 N–H and O–H groups in total. The first-order chi connectivity index (χ1) is 52.3. The Kier molecular flexibility index (Phi) is 46.8. The maximum absolute atomic E-state index is 13.9. The number of unbranched alkanes of at least 4 members (excludes halogenated alkanes) is 10. The van der Waals surface area contributed by atoms with Crippen LogP contribution in [0.15, 0.2) is 0 Å². The zero-order chi connectivity index (χ0) is 81.7. The zero-order valence-electron chi connectivity index (χ0n) is 65.8. The predicted molar refractivity (Wildman–Crippen MR) is 383 cm³/mol. The minimum Gasteiger partial charge on any atom is -0.463 e. The standard InChI is InChI=1S/C73H119N7O30/c1-44(81)77-62-68(105-53(10)90)65(102-50(7)87)56(41-99-47(4)84)108-71(62)96-38-24-16-13-19-29-59(93)75-34-27-33-74-32-22-23-36-80(61(95)31-21-15-18-26-40-98-73-64(79-46(3)83)70(107-55(12)92)67(104-52(9)89)58(110-73)43-101-49(6)86)37-28-35-76-60(94)30-20-14-17-25-39-97-72-63(78-45(2)82)69(106-54(11)91)66(103-51(8)88)57(109-72)42-100-48(5)85/h56-58,62-74H,13-43H2,1-12H3,(H,75,93)(H,76,94)(H,77,81)(H,78,82)(H,79,83)/t56?,57?,58?,62-,63+,64?,65-,66-,67-,68?,69?,70?,71+,72+,73+/m0/s1. The average Bonchev–Trinajstić information content (AvgIpc) is 0.800. The predicted octanol–water partition coefficient (Wildman–Crippen LogP) is 2.07. The van der Waals surface area contributed by atoms with Gasteiger partial charge in [0.15, 0.2) is 55.5 Å². The van der Waals surface area contributed by atoms with E-state index in [0.717, 1.165) is 48.0 Å². The molecule has 15 atom stereocenters. The lowest BCUT2D eigenvalue weighted by atomic mass is 9.96. The van der Waals surface area contributed by atoms with Gasteiger partial charge in [-0.3, -0.25) is 71.9 Å². The fraction of sp³-hybridized carbons (Fsp3) is 0.795. The van der Waals surface area contributed by atoms with Crippen LogP contribution in [0.5, 0.6) is 0 Å². The molecule has 0 spiro atoms. The Morgan fingerprint density at radius 1 is 0.300 bits per heavy atom. The second-order valence-electron chi connectivity index (χ2n) is 27.0. The minimum atomic E-state index is -1.27. The molecule has 0 aromatic carbocycles. The Hall–Kier alpha value is -8.23. The van der Waals surface area contributed by atoms with Gasteiger partial charge in [-0.1, -0.05) is 38.5 Å². The van der Waals surface area contributed by atoms with Crippen molar-refractivity contribution in [3.05, 3.63) is 0 Å². The minimum absolute atomic E-state index is 0.0517. The molecule has 0 aromatic rings. The lowest BCUT2D eigenvalue weighted by Crippen LogP contribution is -2.66. The van der Waals surface area contributed by atoms with Crippen molar-refractivity contribution in [1.82, 2.24) is 36.8 Å². The first-order valence-corrected chi connectivity index (χ1v) is 37.8. The van der Waals surface area contributed by atoms with Crippen molar-refractivity contribution in [1.29, 1.82) is 0 Å². The van der Waals surface area contributed by atoms with Gasteiger partial charge in [-0.2, -0.15) is 0 Å². The van der Waals surface area contributed by atoms with E-state index < -0.39 is 163 Å². The number of hydrogen-bond acceptors (Lipinski definition) is 31. The summed E-state index contributed by atoms with van der Waals surface area (Å²) in [5.74, 6) is -8.09. The van der Waals surface area contributed by atoms with E-state index in [9.17, 15) is 71.9 Å². The van der Waals surface area contributed by atoms with Crippen LogP contribution < -0.4 is 31.9 Å². The molecule has 6 amide bonds. The molecule has 3 saturated heterocycles. The number of rotatable bonds is 52. The Balaban J connectivity index is 1.50. The van der Waals surface area contributed by atoms with E-state index in [0.29, 0.717) is 142 Å². The van der Waals surface area contributed by atoms with E-state index in [-0.39, 0.29) is 70.2 Å². The van der Waals surface area contributed by atoms with E-state index in [2.05, 4.69) is 31.9 Å². The summed E-state index contributed by atoms with van der Waals surface area (Å²) in [5, 5.41) is 17.3. The number of nitrogens with zero attached hydrogens (tertiary/aromatic N) is 1. The molecule has 0 saturated carbocycles. The van der Waals surface area contributed by atoms with E-state index in [1.165, 1.54) is 41.5 Å². The molecule has 626 valence electrons. The summed E-state index contributed by atoms with van der Waals surface area (Å²) in [5.41, 5.74) is 0. The van der Waals surface area contributed by atoms with Crippen LogP contribution in [0.3, 0.4) is 0 Å². The molecule has 3 aliphatic heterocycles. The molecule has 3 fully saturated rings. The quantitative estimate of drug-likeness (QED) is 0.0288. The summed E-state index contributed by atoms with van der Waals surface area (Å²) in [6, 6.07) is -3.29. The summed E-state index contributed by atoms with van der Waals surface area (Å²) < 4.78 is 84.8. The second-order valence-corrected chi connectivity index (χ2v) is 27.0. The normalized spacial score (nSPS) is 23.4. The van der Waals surface area contributed by atoms with Crippen LogP contribution in [0.25, 0.3) is 0 Å². The van der Waals surface area contributed by atoms with Crippen molar-refractivity contribution in [2.45, 2.75) is 297 Å². The number of esters is 9. The number of carbonyl (C=O) groups is 15. The van der Waals surface area contributed by atoms with Gasteiger partial charge in [-0.05, 0) is 77.3 Å². The fourth-order valence-corrected chi connectivity index (χ4v) is 12.4. The van der Waals surface area contributed by atoms with Crippen molar-refractivity contribution in [3.8, 4) is 0 Å². The van der Waals surface area contributed by atoms with Crippen molar-refractivity contribution in [2.75, 3.05) is 78.9 Å². The van der Waals surface area contributed by atoms with Crippen LogP contribution in [0.4, 0.5) is 0 Å². The first-order valence-electron chi connectivity index (χ1n) is 37.8. The van der Waals surface area contributed by atoms with E-state index >= 15 is 0 Å². The lowest BCUT2D eigenvalue weighted by Gasteiger charge is -2.44. The van der Waals surface area contributed by atoms with Crippen LogP contribution in [0.1, 0.15) is 205 Å². The Morgan fingerprint density at radius 2 is 0.591 bits per heavy atom.